The molecule has 0 aliphatic rings. The van der Waals surface area contributed by atoms with E-state index in [1.54, 1.807) is 36.4 Å². The summed E-state index contributed by atoms with van der Waals surface area (Å²) in [4.78, 5) is 25.4. The molecule has 0 atom stereocenters. The van der Waals surface area contributed by atoms with E-state index >= 15 is 0 Å². The third-order valence-electron chi connectivity index (χ3n) is 4.23. The molecule has 0 saturated heterocycles. The van der Waals surface area contributed by atoms with Crippen molar-refractivity contribution in [3.8, 4) is 17.3 Å². The molecule has 2 aromatic heterocycles. The molecule has 0 saturated carbocycles. The summed E-state index contributed by atoms with van der Waals surface area (Å²) in [6.07, 6.45) is 0.651. The topological polar surface area (TPSA) is 69.7 Å². The molecule has 6 heteroatoms. The number of ether oxygens (including phenoxy) is 1. The van der Waals surface area contributed by atoms with Crippen molar-refractivity contribution in [1.82, 2.24) is 0 Å². The number of carbonyl (C=O) groups is 1. The Kier molecular flexibility index (Phi) is 5.12. The molecule has 0 radical (unpaired) electrons. The lowest BCUT2D eigenvalue weighted by Crippen LogP contribution is -2.16. The normalized spacial score (nSPS) is 10.9. The minimum absolute atomic E-state index is 0.0856. The van der Waals surface area contributed by atoms with Gasteiger partial charge in [-0.25, -0.2) is 0 Å². The van der Waals surface area contributed by atoms with E-state index < -0.39 is 11.4 Å². The highest BCUT2D eigenvalue weighted by Gasteiger charge is 2.22. The summed E-state index contributed by atoms with van der Waals surface area (Å²) in [6.45, 7) is 0. The minimum Gasteiger partial charge on any atom is -0.449 e. The first-order valence-electron chi connectivity index (χ1n) is 8.68. The summed E-state index contributed by atoms with van der Waals surface area (Å²) in [7, 11) is 0. The zero-order chi connectivity index (χ0) is 19.5. The first-order valence-corrected chi connectivity index (χ1v) is 9.47. The molecule has 4 rings (SSSR count). The van der Waals surface area contributed by atoms with E-state index in [-0.39, 0.29) is 17.9 Å². The van der Waals surface area contributed by atoms with Gasteiger partial charge in [0.05, 0.1) is 5.39 Å². The fraction of sp³-hybridized carbons (Fsp3) is 0.0909. The van der Waals surface area contributed by atoms with Gasteiger partial charge >= 0.3 is 5.97 Å². The van der Waals surface area contributed by atoms with Gasteiger partial charge in [0.15, 0.2) is 10.4 Å². The molecule has 0 fully saturated rings. The average Bonchev–Trinajstić information content (AvgIpc) is 3.15. The Balaban J connectivity index is 1.69. The van der Waals surface area contributed by atoms with Crippen LogP contribution in [0.3, 0.4) is 0 Å². The van der Waals surface area contributed by atoms with Crippen molar-refractivity contribution < 1.29 is 18.4 Å². The summed E-state index contributed by atoms with van der Waals surface area (Å²) in [5.41, 5.74) is 0.983. The van der Waals surface area contributed by atoms with E-state index in [0.29, 0.717) is 27.8 Å². The Morgan fingerprint density at radius 3 is 2.43 bits per heavy atom. The Labute approximate surface area is 168 Å². The quantitative estimate of drug-likeness (QED) is 0.392. The van der Waals surface area contributed by atoms with Crippen LogP contribution < -0.4 is 10.2 Å². The number of furan rings is 1. The number of esters is 1. The van der Waals surface area contributed by atoms with Gasteiger partial charge < -0.3 is 13.6 Å². The van der Waals surface area contributed by atoms with Crippen molar-refractivity contribution in [2.24, 2.45) is 0 Å². The zero-order valence-electron chi connectivity index (χ0n) is 14.7. The molecule has 0 N–H and O–H groups in total. The van der Waals surface area contributed by atoms with Crippen molar-refractivity contribution in [2.75, 3.05) is 0 Å². The third-order valence-corrected chi connectivity index (χ3v) is 4.66. The number of fused-ring (bicyclic) bond motifs is 1. The number of halogens is 1. The second-order valence-corrected chi connectivity index (χ2v) is 6.93. The molecule has 140 valence electrons. The number of hydrogen-bond acceptors (Lipinski definition) is 5. The Hall–Kier alpha value is -3.12. The lowest BCUT2D eigenvalue weighted by molar-refractivity contribution is -0.134. The highest BCUT2D eigenvalue weighted by Crippen LogP contribution is 2.33. The van der Waals surface area contributed by atoms with Crippen LogP contribution in [-0.2, 0) is 11.2 Å². The average molecular weight is 439 g/mol. The van der Waals surface area contributed by atoms with E-state index in [0.717, 1.165) is 5.56 Å². The van der Waals surface area contributed by atoms with Gasteiger partial charge in [-0.3, -0.25) is 9.59 Å². The predicted octanol–water partition coefficient (Wildman–Crippen LogP) is 5.35. The number of benzene rings is 2. The fourth-order valence-corrected chi connectivity index (χ4v) is 3.18. The number of carbonyl (C=O) groups excluding carboxylic acids is 1. The van der Waals surface area contributed by atoms with Gasteiger partial charge in [0.1, 0.15) is 5.58 Å². The molecule has 2 heterocycles. The molecular weight excluding hydrogens is 424 g/mol. The summed E-state index contributed by atoms with van der Waals surface area (Å²) in [6, 6.07) is 19.7. The van der Waals surface area contributed by atoms with Gasteiger partial charge in [-0.2, -0.15) is 0 Å². The zero-order valence-corrected chi connectivity index (χ0v) is 16.3. The minimum atomic E-state index is -0.515. The maximum Gasteiger partial charge on any atom is 0.311 e. The molecule has 0 spiro atoms. The van der Waals surface area contributed by atoms with Crippen LogP contribution in [0.5, 0.6) is 5.75 Å². The summed E-state index contributed by atoms with van der Waals surface area (Å²) in [5, 5.41) is 0.336. The third kappa shape index (κ3) is 3.77. The van der Waals surface area contributed by atoms with E-state index in [1.165, 1.54) is 0 Å². The lowest BCUT2D eigenvalue weighted by Gasteiger charge is -2.09. The van der Waals surface area contributed by atoms with Crippen molar-refractivity contribution in [3.63, 3.8) is 0 Å². The van der Waals surface area contributed by atoms with Gasteiger partial charge in [-0.15, -0.1) is 0 Å². The first-order chi connectivity index (χ1) is 13.6. The van der Waals surface area contributed by atoms with Crippen LogP contribution in [0.25, 0.3) is 22.5 Å². The molecular formula is C22H15BrO5. The highest BCUT2D eigenvalue weighted by molar-refractivity contribution is 9.10. The van der Waals surface area contributed by atoms with Gasteiger partial charge in [-0.1, -0.05) is 42.5 Å². The first kappa shape index (κ1) is 18.3. The second-order valence-electron chi connectivity index (χ2n) is 6.15. The molecule has 0 aliphatic carbocycles. The monoisotopic (exact) mass is 438 g/mol. The van der Waals surface area contributed by atoms with Crippen LogP contribution in [0.4, 0.5) is 0 Å². The Morgan fingerprint density at radius 1 is 0.929 bits per heavy atom. The lowest BCUT2D eigenvalue weighted by atomic mass is 10.1. The summed E-state index contributed by atoms with van der Waals surface area (Å²) < 4.78 is 17.3. The molecule has 0 unspecified atom stereocenters. The van der Waals surface area contributed by atoms with Gasteiger partial charge in [0.2, 0.25) is 16.9 Å². The van der Waals surface area contributed by atoms with Gasteiger partial charge in [-0.05, 0) is 52.2 Å². The maximum absolute atomic E-state index is 12.9. The SMILES string of the molecule is O=C(CCc1ccccc1)Oc1c(-c2ccc(Br)o2)oc2ccccc2c1=O. The van der Waals surface area contributed by atoms with E-state index in [2.05, 4.69) is 15.9 Å². The van der Waals surface area contributed by atoms with Crippen LogP contribution in [0.15, 0.2) is 85.0 Å². The second kappa shape index (κ2) is 7.86. The van der Waals surface area contributed by atoms with Crippen molar-refractivity contribution in [3.05, 3.63) is 87.2 Å². The van der Waals surface area contributed by atoms with Gasteiger partial charge in [0.25, 0.3) is 0 Å². The molecule has 4 aromatic rings. The van der Waals surface area contributed by atoms with Crippen molar-refractivity contribution in [1.29, 1.82) is 0 Å². The number of para-hydroxylation sites is 1. The molecule has 0 aliphatic heterocycles. The largest absolute Gasteiger partial charge is 0.449 e. The molecule has 28 heavy (non-hydrogen) atoms. The smallest absolute Gasteiger partial charge is 0.311 e. The fourth-order valence-electron chi connectivity index (χ4n) is 2.87. The van der Waals surface area contributed by atoms with Crippen LogP contribution in [0, 0.1) is 0 Å². The van der Waals surface area contributed by atoms with Crippen LogP contribution in [0.1, 0.15) is 12.0 Å². The standard InChI is InChI=1S/C22H15BrO5/c23-18-12-11-17(26-18)21-22(20(25)15-8-4-5-9-16(15)27-21)28-19(24)13-10-14-6-2-1-3-7-14/h1-9,11-12H,10,13H2. The van der Waals surface area contributed by atoms with Crippen molar-refractivity contribution >= 4 is 32.9 Å². The molecule has 2 aromatic carbocycles. The Bertz CT molecular complexity index is 1190. The van der Waals surface area contributed by atoms with Crippen molar-refractivity contribution in [2.45, 2.75) is 12.8 Å². The predicted molar refractivity (Wildman–Crippen MR) is 108 cm³/mol. The van der Waals surface area contributed by atoms with Gasteiger partial charge in [0, 0.05) is 6.42 Å². The highest BCUT2D eigenvalue weighted by atomic mass is 79.9. The van der Waals surface area contributed by atoms with Crippen LogP contribution in [0.2, 0.25) is 0 Å². The summed E-state index contributed by atoms with van der Waals surface area (Å²) >= 11 is 3.23. The van der Waals surface area contributed by atoms with Crippen LogP contribution >= 0.6 is 15.9 Å². The molecule has 0 amide bonds. The number of rotatable bonds is 5. The Morgan fingerprint density at radius 2 is 1.68 bits per heavy atom. The van der Waals surface area contributed by atoms with E-state index in [9.17, 15) is 9.59 Å². The van der Waals surface area contributed by atoms with E-state index in [1.807, 2.05) is 30.3 Å². The maximum atomic E-state index is 12.9. The van der Waals surface area contributed by atoms with E-state index in [4.69, 9.17) is 13.6 Å². The van der Waals surface area contributed by atoms with Crippen LogP contribution in [-0.4, -0.2) is 5.97 Å². The number of aryl methyl sites for hydroxylation is 1. The number of hydrogen-bond donors (Lipinski definition) is 0. The summed E-state index contributed by atoms with van der Waals surface area (Å²) in [5.74, 6) is -0.306. The molecule has 5 nitrogen and oxygen atoms in total. The molecule has 0 bridgehead atoms.